The summed E-state index contributed by atoms with van der Waals surface area (Å²) >= 11 is 5.71. The standard InChI is InChI=1S/C22H26N2O3S/c1-3-5-12-23-22(28)24(18-10-11-20-21(14-18)27-16-26-20)15-17-8-6-7-9-19(17)25-13-4-2/h4,6-11,14H,2-3,5,12-13,15-16H2,1H3,(H,23,28). The van der Waals surface area contributed by atoms with Gasteiger partial charge in [-0.15, -0.1) is 0 Å². The number of hydrogen-bond donors (Lipinski definition) is 1. The lowest BCUT2D eigenvalue weighted by atomic mass is 10.1. The average Bonchev–Trinajstić information content (AvgIpc) is 3.19. The van der Waals surface area contributed by atoms with E-state index in [2.05, 4.69) is 23.7 Å². The number of benzene rings is 2. The van der Waals surface area contributed by atoms with Crippen molar-refractivity contribution in [1.29, 1.82) is 0 Å². The minimum absolute atomic E-state index is 0.246. The van der Waals surface area contributed by atoms with E-state index in [9.17, 15) is 0 Å². The van der Waals surface area contributed by atoms with Crippen molar-refractivity contribution in [3.05, 3.63) is 60.7 Å². The first-order valence-electron chi connectivity index (χ1n) is 9.49. The maximum Gasteiger partial charge on any atom is 0.231 e. The van der Waals surface area contributed by atoms with Gasteiger partial charge >= 0.3 is 0 Å². The minimum Gasteiger partial charge on any atom is -0.489 e. The Morgan fingerprint density at radius 2 is 2.07 bits per heavy atom. The second-order valence-corrected chi connectivity index (χ2v) is 6.80. The summed E-state index contributed by atoms with van der Waals surface area (Å²) in [6, 6.07) is 13.8. The molecule has 0 saturated carbocycles. The van der Waals surface area contributed by atoms with E-state index in [0.717, 1.165) is 47.9 Å². The lowest BCUT2D eigenvalue weighted by Gasteiger charge is -2.27. The highest BCUT2D eigenvalue weighted by Crippen LogP contribution is 2.36. The maximum absolute atomic E-state index is 5.82. The van der Waals surface area contributed by atoms with Gasteiger partial charge in [-0.05, 0) is 36.8 Å². The fraction of sp³-hybridized carbons (Fsp3) is 0.318. The highest BCUT2D eigenvalue weighted by molar-refractivity contribution is 7.80. The second kappa shape index (κ2) is 9.99. The van der Waals surface area contributed by atoms with Crippen molar-refractivity contribution < 1.29 is 14.2 Å². The number of fused-ring (bicyclic) bond motifs is 1. The van der Waals surface area contributed by atoms with Gasteiger partial charge in [0, 0.05) is 23.9 Å². The van der Waals surface area contributed by atoms with Crippen molar-refractivity contribution in [3.8, 4) is 17.2 Å². The molecule has 3 rings (SSSR count). The van der Waals surface area contributed by atoms with Crippen LogP contribution in [0.3, 0.4) is 0 Å². The number of unbranched alkanes of at least 4 members (excludes halogenated alkanes) is 1. The van der Waals surface area contributed by atoms with Crippen LogP contribution in [-0.2, 0) is 6.54 Å². The van der Waals surface area contributed by atoms with Crippen molar-refractivity contribution in [2.75, 3.05) is 24.8 Å². The number of para-hydroxylation sites is 1. The van der Waals surface area contributed by atoms with E-state index in [1.807, 2.05) is 42.5 Å². The molecule has 2 aromatic rings. The number of hydrogen-bond acceptors (Lipinski definition) is 4. The van der Waals surface area contributed by atoms with Gasteiger partial charge in [0.25, 0.3) is 0 Å². The number of nitrogens with one attached hydrogen (secondary N) is 1. The van der Waals surface area contributed by atoms with Crippen LogP contribution >= 0.6 is 12.2 Å². The molecule has 2 aromatic carbocycles. The smallest absolute Gasteiger partial charge is 0.231 e. The van der Waals surface area contributed by atoms with E-state index in [0.29, 0.717) is 18.3 Å². The summed E-state index contributed by atoms with van der Waals surface area (Å²) in [4.78, 5) is 2.06. The molecule has 0 bridgehead atoms. The van der Waals surface area contributed by atoms with Crippen LogP contribution in [0.1, 0.15) is 25.3 Å². The van der Waals surface area contributed by atoms with E-state index < -0.39 is 0 Å². The molecular formula is C22H26N2O3S. The van der Waals surface area contributed by atoms with E-state index in [1.165, 1.54) is 0 Å². The van der Waals surface area contributed by atoms with Gasteiger partial charge in [-0.3, -0.25) is 0 Å². The Kier molecular flexibility index (Phi) is 7.14. The monoisotopic (exact) mass is 398 g/mol. The molecule has 1 N–H and O–H groups in total. The first-order chi connectivity index (χ1) is 13.7. The van der Waals surface area contributed by atoms with Gasteiger partial charge in [0.1, 0.15) is 12.4 Å². The third-order valence-corrected chi connectivity index (χ3v) is 4.74. The predicted octanol–water partition coefficient (Wildman–Crippen LogP) is 4.66. The van der Waals surface area contributed by atoms with E-state index in [1.54, 1.807) is 6.08 Å². The van der Waals surface area contributed by atoms with Gasteiger partial charge in [0.15, 0.2) is 16.6 Å². The number of ether oxygens (including phenoxy) is 3. The fourth-order valence-electron chi connectivity index (χ4n) is 2.90. The molecule has 6 heteroatoms. The van der Waals surface area contributed by atoms with Gasteiger partial charge in [-0.1, -0.05) is 44.2 Å². The lowest BCUT2D eigenvalue weighted by Crippen LogP contribution is -2.40. The molecule has 0 aliphatic carbocycles. The first-order valence-corrected chi connectivity index (χ1v) is 9.90. The van der Waals surface area contributed by atoms with Crippen LogP contribution in [0.25, 0.3) is 0 Å². The fourth-order valence-corrected chi connectivity index (χ4v) is 3.17. The quantitative estimate of drug-likeness (QED) is 0.376. The highest BCUT2D eigenvalue weighted by Gasteiger charge is 2.19. The molecule has 0 spiro atoms. The van der Waals surface area contributed by atoms with Gasteiger partial charge in [-0.25, -0.2) is 0 Å². The zero-order valence-electron chi connectivity index (χ0n) is 16.1. The Labute approximate surface area is 171 Å². The van der Waals surface area contributed by atoms with Crippen LogP contribution in [0.2, 0.25) is 0 Å². The molecule has 0 unspecified atom stereocenters. The molecule has 0 atom stereocenters. The van der Waals surface area contributed by atoms with Gasteiger partial charge in [0.2, 0.25) is 6.79 Å². The first kappa shape index (κ1) is 20.0. The van der Waals surface area contributed by atoms with Gasteiger partial charge in [0.05, 0.1) is 6.54 Å². The Bertz CT molecular complexity index is 825. The van der Waals surface area contributed by atoms with Crippen LogP contribution in [0.15, 0.2) is 55.1 Å². The van der Waals surface area contributed by atoms with Crippen molar-refractivity contribution in [2.45, 2.75) is 26.3 Å². The zero-order valence-corrected chi connectivity index (χ0v) is 17.0. The molecule has 0 amide bonds. The molecule has 0 radical (unpaired) electrons. The Balaban J connectivity index is 1.86. The molecule has 1 heterocycles. The molecule has 28 heavy (non-hydrogen) atoms. The van der Waals surface area contributed by atoms with Crippen LogP contribution in [0, 0.1) is 0 Å². The van der Waals surface area contributed by atoms with Gasteiger partial charge in [-0.2, -0.15) is 0 Å². The second-order valence-electron chi connectivity index (χ2n) is 6.42. The summed E-state index contributed by atoms with van der Waals surface area (Å²) in [5, 5.41) is 4.03. The molecule has 5 nitrogen and oxygen atoms in total. The SMILES string of the molecule is C=CCOc1ccccc1CN(C(=S)NCCCC)c1ccc2c(c1)OCO2. The highest BCUT2D eigenvalue weighted by atomic mass is 32.1. The molecule has 1 aliphatic rings. The molecule has 1 aliphatic heterocycles. The molecular weight excluding hydrogens is 372 g/mol. The maximum atomic E-state index is 5.82. The van der Waals surface area contributed by atoms with Crippen molar-refractivity contribution in [2.24, 2.45) is 0 Å². The Hall–Kier alpha value is -2.73. The van der Waals surface area contributed by atoms with Crippen molar-refractivity contribution >= 4 is 23.0 Å². The summed E-state index contributed by atoms with van der Waals surface area (Å²) in [6.45, 7) is 8.00. The van der Waals surface area contributed by atoms with E-state index in [4.69, 9.17) is 26.4 Å². The summed E-state index contributed by atoms with van der Waals surface area (Å²) in [6.07, 6.45) is 3.91. The topological polar surface area (TPSA) is 43.0 Å². The normalized spacial score (nSPS) is 11.8. The Morgan fingerprint density at radius 3 is 2.89 bits per heavy atom. The summed E-state index contributed by atoms with van der Waals surface area (Å²) in [7, 11) is 0. The van der Waals surface area contributed by atoms with Crippen LogP contribution in [-0.4, -0.2) is 25.1 Å². The van der Waals surface area contributed by atoms with Crippen molar-refractivity contribution in [3.63, 3.8) is 0 Å². The van der Waals surface area contributed by atoms with Gasteiger partial charge < -0.3 is 24.4 Å². The Morgan fingerprint density at radius 1 is 1.25 bits per heavy atom. The molecule has 0 fully saturated rings. The van der Waals surface area contributed by atoms with Crippen LogP contribution in [0.5, 0.6) is 17.2 Å². The third kappa shape index (κ3) is 4.95. The van der Waals surface area contributed by atoms with Crippen molar-refractivity contribution in [1.82, 2.24) is 5.32 Å². The lowest BCUT2D eigenvalue weighted by molar-refractivity contribution is 0.174. The molecule has 0 saturated heterocycles. The number of anilines is 1. The average molecular weight is 399 g/mol. The summed E-state index contributed by atoms with van der Waals surface area (Å²) in [5.41, 5.74) is 1.98. The minimum atomic E-state index is 0.246. The van der Waals surface area contributed by atoms with E-state index in [-0.39, 0.29) is 6.79 Å². The zero-order chi connectivity index (χ0) is 19.8. The molecule has 0 aromatic heterocycles. The third-order valence-electron chi connectivity index (χ3n) is 4.38. The van der Waals surface area contributed by atoms with E-state index >= 15 is 0 Å². The summed E-state index contributed by atoms with van der Waals surface area (Å²) < 4.78 is 16.8. The number of nitrogens with zero attached hydrogens (tertiary/aromatic N) is 1. The summed E-state index contributed by atoms with van der Waals surface area (Å²) in [5.74, 6) is 2.31. The van der Waals surface area contributed by atoms with Crippen LogP contribution in [0.4, 0.5) is 5.69 Å². The van der Waals surface area contributed by atoms with Crippen LogP contribution < -0.4 is 24.4 Å². The molecule has 148 valence electrons. The number of rotatable bonds is 9. The number of thiocarbonyl (C=S) groups is 1. The largest absolute Gasteiger partial charge is 0.489 e. The predicted molar refractivity (Wildman–Crippen MR) is 116 cm³/mol.